The van der Waals surface area contributed by atoms with Crippen LogP contribution in [0.4, 0.5) is 0 Å². The molecule has 0 spiro atoms. The summed E-state index contributed by atoms with van der Waals surface area (Å²) in [5.74, 6) is 1.18. The van der Waals surface area contributed by atoms with E-state index in [0.29, 0.717) is 17.6 Å². The van der Waals surface area contributed by atoms with E-state index in [1.165, 1.54) is 18.4 Å². The van der Waals surface area contributed by atoms with Crippen molar-refractivity contribution < 1.29 is 4.79 Å². The Bertz CT molecular complexity index is 396. The molecular formula is C16H21NO. The molecule has 96 valence electrons. The van der Waals surface area contributed by atoms with Crippen molar-refractivity contribution in [2.24, 2.45) is 11.8 Å². The molecule has 1 aromatic carbocycles. The van der Waals surface area contributed by atoms with Crippen LogP contribution in [0.1, 0.15) is 31.2 Å². The quantitative estimate of drug-likeness (QED) is 0.796. The van der Waals surface area contributed by atoms with E-state index < -0.39 is 0 Å². The molecule has 1 aromatic rings. The van der Waals surface area contributed by atoms with Crippen molar-refractivity contribution in [3.8, 4) is 0 Å². The molecule has 2 heteroatoms. The summed E-state index contributed by atoms with van der Waals surface area (Å²) in [4.78, 5) is 14.7. The zero-order chi connectivity index (χ0) is 12.4. The standard InChI is InChI=1S/C16H21NO/c18-16-14-8-4-5-9-15(16)12-17(11-14)10-13-6-2-1-3-7-13/h1-3,6-7,14-15H,4-5,8-12H2/t14-,15+. The van der Waals surface area contributed by atoms with Crippen molar-refractivity contribution in [1.29, 1.82) is 0 Å². The molecule has 2 atom stereocenters. The van der Waals surface area contributed by atoms with Crippen molar-refractivity contribution in [2.45, 2.75) is 32.2 Å². The highest BCUT2D eigenvalue weighted by molar-refractivity contribution is 5.84. The number of carbonyl (C=O) groups excluding carboxylic acids is 1. The largest absolute Gasteiger partial charge is 0.299 e. The fourth-order valence-corrected chi connectivity index (χ4v) is 3.43. The van der Waals surface area contributed by atoms with Crippen LogP contribution in [0.3, 0.4) is 0 Å². The summed E-state index contributed by atoms with van der Waals surface area (Å²) < 4.78 is 0. The van der Waals surface area contributed by atoms with Gasteiger partial charge in [0.25, 0.3) is 0 Å². The number of hydrogen-bond donors (Lipinski definition) is 0. The highest BCUT2D eigenvalue weighted by atomic mass is 16.1. The minimum absolute atomic E-state index is 0.315. The summed E-state index contributed by atoms with van der Waals surface area (Å²) >= 11 is 0. The zero-order valence-corrected chi connectivity index (χ0v) is 10.8. The van der Waals surface area contributed by atoms with E-state index in [4.69, 9.17) is 0 Å². The van der Waals surface area contributed by atoms with E-state index in [2.05, 4.69) is 35.2 Å². The van der Waals surface area contributed by atoms with E-state index in [-0.39, 0.29) is 0 Å². The van der Waals surface area contributed by atoms with Crippen LogP contribution in [0.5, 0.6) is 0 Å². The molecule has 2 bridgehead atoms. The van der Waals surface area contributed by atoms with Crippen LogP contribution >= 0.6 is 0 Å². The third-order valence-corrected chi connectivity index (χ3v) is 4.37. The number of piperidine rings is 1. The van der Waals surface area contributed by atoms with Gasteiger partial charge in [-0.05, 0) is 18.4 Å². The first kappa shape index (κ1) is 11.9. The van der Waals surface area contributed by atoms with Gasteiger partial charge in [-0.2, -0.15) is 0 Å². The van der Waals surface area contributed by atoms with Crippen LogP contribution in [0, 0.1) is 11.8 Å². The van der Waals surface area contributed by atoms with Gasteiger partial charge in [-0.15, -0.1) is 0 Å². The second-order valence-corrected chi connectivity index (χ2v) is 5.76. The van der Waals surface area contributed by atoms with Crippen LogP contribution in [0.25, 0.3) is 0 Å². The molecule has 1 saturated carbocycles. The summed E-state index contributed by atoms with van der Waals surface area (Å²) in [5, 5.41) is 0. The maximum absolute atomic E-state index is 12.2. The Balaban J connectivity index is 1.70. The van der Waals surface area contributed by atoms with Gasteiger partial charge in [0.2, 0.25) is 0 Å². The SMILES string of the molecule is O=C1[C@@H]2CCCC[C@H]1CN(Cc1ccccc1)C2. The lowest BCUT2D eigenvalue weighted by molar-refractivity contribution is -0.131. The molecule has 0 aromatic heterocycles. The Morgan fingerprint density at radius 3 is 2.22 bits per heavy atom. The lowest BCUT2D eigenvalue weighted by atomic mass is 9.86. The number of rotatable bonds is 2. The van der Waals surface area contributed by atoms with Gasteiger partial charge >= 0.3 is 0 Å². The predicted octanol–water partition coefficient (Wildman–Crippen LogP) is 2.88. The zero-order valence-electron chi connectivity index (χ0n) is 10.8. The Kier molecular flexibility index (Phi) is 3.46. The van der Waals surface area contributed by atoms with Gasteiger partial charge in [-0.3, -0.25) is 9.69 Å². The smallest absolute Gasteiger partial charge is 0.141 e. The molecule has 18 heavy (non-hydrogen) atoms. The molecule has 2 nitrogen and oxygen atoms in total. The summed E-state index contributed by atoms with van der Waals surface area (Å²) in [6, 6.07) is 10.6. The molecule has 0 N–H and O–H groups in total. The number of carbonyl (C=O) groups is 1. The molecule has 1 aliphatic carbocycles. The van der Waals surface area contributed by atoms with E-state index in [1.54, 1.807) is 0 Å². The molecule has 0 amide bonds. The molecule has 0 radical (unpaired) electrons. The lowest BCUT2D eigenvalue weighted by Crippen LogP contribution is -2.45. The highest BCUT2D eigenvalue weighted by Gasteiger charge is 2.36. The van der Waals surface area contributed by atoms with Gasteiger partial charge in [0, 0.05) is 31.5 Å². The summed E-state index contributed by atoms with van der Waals surface area (Å²) in [7, 11) is 0. The lowest BCUT2D eigenvalue weighted by Gasteiger charge is -2.35. The normalized spacial score (nSPS) is 29.0. The maximum atomic E-state index is 12.2. The highest BCUT2D eigenvalue weighted by Crippen LogP contribution is 2.30. The fraction of sp³-hybridized carbons (Fsp3) is 0.562. The van der Waals surface area contributed by atoms with Crippen LogP contribution in [-0.2, 0) is 11.3 Å². The number of nitrogens with zero attached hydrogens (tertiary/aromatic N) is 1. The Morgan fingerprint density at radius 2 is 1.61 bits per heavy atom. The third-order valence-electron chi connectivity index (χ3n) is 4.37. The average Bonchev–Trinajstić information content (AvgIpc) is 2.50. The molecular weight excluding hydrogens is 222 g/mol. The van der Waals surface area contributed by atoms with Crippen molar-refractivity contribution >= 4 is 5.78 Å². The average molecular weight is 243 g/mol. The van der Waals surface area contributed by atoms with Crippen molar-refractivity contribution in [3.63, 3.8) is 0 Å². The van der Waals surface area contributed by atoms with Crippen LogP contribution in [0.2, 0.25) is 0 Å². The first-order valence-electron chi connectivity index (χ1n) is 7.13. The molecule has 0 unspecified atom stereocenters. The van der Waals surface area contributed by atoms with Gasteiger partial charge < -0.3 is 0 Å². The van der Waals surface area contributed by atoms with Gasteiger partial charge in [0.15, 0.2) is 0 Å². The van der Waals surface area contributed by atoms with Crippen LogP contribution in [-0.4, -0.2) is 23.8 Å². The van der Waals surface area contributed by atoms with Gasteiger partial charge in [0.05, 0.1) is 0 Å². The Hall–Kier alpha value is -1.15. The van der Waals surface area contributed by atoms with Gasteiger partial charge in [0.1, 0.15) is 5.78 Å². The molecule has 1 saturated heterocycles. The van der Waals surface area contributed by atoms with E-state index in [0.717, 1.165) is 32.5 Å². The Morgan fingerprint density at radius 1 is 1.00 bits per heavy atom. The number of Topliss-reactive ketones (excluding diaryl/α,β-unsaturated/α-hetero) is 1. The van der Waals surface area contributed by atoms with E-state index in [1.807, 2.05) is 0 Å². The third kappa shape index (κ3) is 2.49. The second-order valence-electron chi connectivity index (χ2n) is 5.76. The van der Waals surface area contributed by atoms with Gasteiger partial charge in [-0.1, -0.05) is 43.2 Å². The topological polar surface area (TPSA) is 20.3 Å². The van der Waals surface area contributed by atoms with Crippen LogP contribution in [0.15, 0.2) is 30.3 Å². The number of likely N-dealkylation sites (tertiary alicyclic amines) is 1. The molecule has 2 fully saturated rings. The summed E-state index contributed by atoms with van der Waals surface area (Å²) in [6.07, 6.45) is 4.71. The first-order valence-corrected chi connectivity index (χ1v) is 7.13. The minimum atomic E-state index is 0.315. The van der Waals surface area contributed by atoms with Crippen LogP contribution < -0.4 is 0 Å². The summed E-state index contributed by atoms with van der Waals surface area (Å²) in [5.41, 5.74) is 1.36. The minimum Gasteiger partial charge on any atom is -0.299 e. The monoisotopic (exact) mass is 243 g/mol. The van der Waals surface area contributed by atoms with E-state index >= 15 is 0 Å². The first-order chi connectivity index (χ1) is 8.83. The van der Waals surface area contributed by atoms with Crippen molar-refractivity contribution in [2.75, 3.05) is 13.1 Å². The number of ketones is 1. The molecule has 2 aliphatic rings. The summed E-state index contributed by atoms with van der Waals surface area (Å²) in [6.45, 7) is 2.95. The predicted molar refractivity (Wildman–Crippen MR) is 72.2 cm³/mol. The molecule has 3 rings (SSSR count). The number of benzene rings is 1. The van der Waals surface area contributed by atoms with Gasteiger partial charge in [-0.25, -0.2) is 0 Å². The second kappa shape index (κ2) is 5.23. The molecule has 1 aliphatic heterocycles. The fourth-order valence-electron chi connectivity index (χ4n) is 3.43. The Labute approximate surface area is 109 Å². The maximum Gasteiger partial charge on any atom is 0.141 e. The van der Waals surface area contributed by atoms with Crippen molar-refractivity contribution in [1.82, 2.24) is 4.90 Å². The molecule has 1 heterocycles. The number of fused-ring (bicyclic) bond motifs is 2. The van der Waals surface area contributed by atoms with Crippen molar-refractivity contribution in [3.05, 3.63) is 35.9 Å². The number of hydrogen-bond acceptors (Lipinski definition) is 2. The van der Waals surface area contributed by atoms with E-state index in [9.17, 15) is 4.79 Å².